The molecule has 206 valence electrons. The maximum absolute atomic E-state index is 13.0. The smallest absolute Gasteiger partial charge is 0.277 e. The summed E-state index contributed by atoms with van der Waals surface area (Å²) in [6.45, 7) is 5.83. The molecule has 2 aromatic carbocycles. The summed E-state index contributed by atoms with van der Waals surface area (Å²) in [6.07, 6.45) is 4.92. The molecule has 3 aromatic rings. The third-order valence-electron chi connectivity index (χ3n) is 6.38. The van der Waals surface area contributed by atoms with E-state index in [0.29, 0.717) is 54.9 Å². The topological polar surface area (TPSA) is 137 Å². The standard InChI is InChI=1S/C29H36N6O4/c1-19-7-3-4-8-23(19)31-15-16-32-24-12-11-22(27(37)33-14-6-5-13-30-20(2)36)17-25(24)34-28(38)26-18-39-29(35-26)21-9-10-21/h3-4,7-8,11-12,17-18,21,31-32H,5-6,9-10,13-16H2,1-2H3,(H,30,36)(H,33,37)(H,34,38). The molecule has 1 heterocycles. The molecule has 0 spiro atoms. The Morgan fingerprint density at radius 3 is 2.31 bits per heavy atom. The maximum Gasteiger partial charge on any atom is 0.277 e. The molecule has 1 aromatic heterocycles. The number of nitrogens with zero attached hydrogens (tertiary/aromatic N) is 1. The van der Waals surface area contributed by atoms with Crippen LogP contribution in [0.4, 0.5) is 17.1 Å². The lowest BCUT2D eigenvalue weighted by Crippen LogP contribution is -2.26. The number of carbonyl (C=O) groups excluding carboxylic acids is 3. The largest absolute Gasteiger partial charge is 0.448 e. The zero-order valence-corrected chi connectivity index (χ0v) is 22.4. The fraction of sp³-hybridized carbons (Fsp3) is 0.379. The molecule has 1 aliphatic carbocycles. The molecule has 0 aliphatic heterocycles. The predicted octanol–water partition coefficient (Wildman–Crippen LogP) is 4.28. The Balaban J connectivity index is 1.39. The lowest BCUT2D eigenvalue weighted by Gasteiger charge is -2.15. The van der Waals surface area contributed by atoms with Crippen molar-refractivity contribution in [2.45, 2.75) is 45.4 Å². The van der Waals surface area contributed by atoms with Gasteiger partial charge in [-0.05, 0) is 62.4 Å². The second-order valence-corrected chi connectivity index (χ2v) is 9.67. The van der Waals surface area contributed by atoms with Crippen LogP contribution in [0.1, 0.15) is 70.8 Å². The lowest BCUT2D eigenvalue weighted by atomic mass is 10.1. The Kier molecular flexibility index (Phi) is 9.55. The third kappa shape index (κ3) is 8.33. The van der Waals surface area contributed by atoms with Crippen molar-refractivity contribution in [2.75, 3.05) is 42.1 Å². The highest BCUT2D eigenvalue weighted by atomic mass is 16.3. The van der Waals surface area contributed by atoms with Crippen LogP contribution in [0.2, 0.25) is 0 Å². The summed E-state index contributed by atoms with van der Waals surface area (Å²) in [5.74, 6) is 0.183. The molecular weight excluding hydrogens is 496 g/mol. The average Bonchev–Trinajstić information content (AvgIpc) is 3.65. The Morgan fingerprint density at radius 1 is 0.872 bits per heavy atom. The molecule has 0 bridgehead atoms. The maximum atomic E-state index is 13.0. The van der Waals surface area contributed by atoms with Crippen LogP contribution in [0.3, 0.4) is 0 Å². The molecular formula is C29H36N6O4. The molecule has 39 heavy (non-hydrogen) atoms. The molecule has 1 fully saturated rings. The number of nitrogens with one attached hydrogen (secondary N) is 5. The lowest BCUT2D eigenvalue weighted by molar-refractivity contribution is -0.118. The van der Waals surface area contributed by atoms with Gasteiger partial charge in [-0.2, -0.15) is 0 Å². The summed E-state index contributed by atoms with van der Waals surface area (Å²) in [5.41, 5.74) is 4.02. The van der Waals surface area contributed by atoms with E-state index in [9.17, 15) is 14.4 Å². The number of oxazole rings is 1. The van der Waals surface area contributed by atoms with Crippen molar-refractivity contribution >= 4 is 34.8 Å². The highest BCUT2D eigenvalue weighted by molar-refractivity contribution is 6.06. The first kappa shape index (κ1) is 27.7. The van der Waals surface area contributed by atoms with E-state index in [1.54, 1.807) is 18.2 Å². The van der Waals surface area contributed by atoms with Crippen LogP contribution in [0.5, 0.6) is 0 Å². The Morgan fingerprint density at radius 2 is 1.59 bits per heavy atom. The van der Waals surface area contributed by atoms with Gasteiger partial charge in [-0.15, -0.1) is 0 Å². The molecule has 1 saturated carbocycles. The zero-order chi connectivity index (χ0) is 27.6. The highest BCUT2D eigenvalue weighted by Gasteiger charge is 2.29. The first-order valence-electron chi connectivity index (χ1n) is 13.4. The number of aromatic nitrogens is 1. The fourth-order valence-electron chi connectivity index (χ4n) is 4.02. The van der Waals surface area contributed by atoms with E-state index in [1.807, 2.05) is 18.2 Å². The van der Waals surface area contributed by atoms with Gasteiger partial charge in [0.25, 0.3) is 11.8 Å². The van der Waals surface area contributed by atoms with Gasteiger partial charge in [0.15, 0.2) is 11.6 Å². The van der Waals surface area contributed by atoms with Gasteiger partial charge in [0.05, 0.1) is 11.4 Å². The van der Waals surface area contributed by atoms with Crippen molar-refractivity contribution in [2.24, 2.45) is 0 Å². The zero-order valence-electron chi connectivity index (χ0n) is 22.4. The van der Waals surface area contributed by atoms with Gasteiger partial charge in [0.2, 0.25) is 5.91 Å². The quantitative estimate of drug-likeness (QED) is 0.195. The highest BCUT2D eigenvalue weighted by Crippen LogP contribution is 2.39. The molecule has 10 nitrogen and oxygen atoms in total. The van der Waals surface area contributed by atoms with Gasteiger partial charge >= 0.3 is 0 Å². The Hall–Kier alpha value is -4.34. The van der Waals surface area contributed by atoms with Crippen molar-refractivity contribution in [3.8, 4) is 0 Å². The van der Waals surface area contributed by atoms with Crippen LogP contribution >= 0.6 is 0 Å². The number of para-hydroxylation sites is 1. The molecule has 0 atom stereocenters. The summed E-state index contributed by atoms with van der Waals surface area (Å²) in [6, 6.07) is 13.2. The van der Waals surface area contributed by atoms with E-state index < -0.39 is 5.91 Å². The van der Waals surface area contributed by atoms with Crippen molar-refractivity contribution < 1.29 is 18.8 Å². The summed E-state index contributed by atoms with van der Waals surface area (Å²) < 4.78 is 5.47. The van der Waals surface area contributed by atoms with Gasteiger partial charge in [0, 0.05) is 50.3 Å². The van der Waals surface area contributed by atoms with E-state index in [0.717, 1.165) is 36.9 Å². The number of carbonyl (C=O) groups is 3. The number of hydrogen-bond donors (Lipinski definition) is 5. The predicted molar refractivity (Wildman–Crippen MR) is 151 cm³/mol. The number of benzene rings is 2. The van der Waals surface area contributed by atoms with Gasteiger partial charge in [-0.3, -0.25) is 14.4 Å². The van der Waals surface area contributed by atoms with Crippen molar-refractivity contribution in [1.29, 1.82) is 0 Å². The van der Waals surface area contributed by atoms with Gasteiger partial charge in [0.1, 0.15) is 6.26 Å². The molecule has 0 saturated heterocycles. The fourth-order valence-corrected chi connectivity index (χ4v) is 4.02. The minimum absolute atomic E-state index is 0.0670. The summed E-state index contributed by atoms with van der Waals surface area (Å²) in [4.78, 5) is 41.1. The summed E-state index contributed by atoms with van der Waals surface area (Å²) >= 11 is 0. The van der Waals surface area contributed by atoms with Crippen molar-refractivity contribution in [3.63, 3.8) is 0 Å². The molecule has 4 rings (SSSR count). The van der Waals surface area contributed by atoms with E-state index in [2.05, 4.69) is 44.6 Å². The van der Waals surface area contributed by atoms with E-state index >= 15 is 0 Å². The van der Waals surface area contributed by atoms with Gasteiger partial charge < -0.3 is 31.0 Å². The van der Waals surface area contributed by atoms with Crippen LogP contribution < -0.4 is 26.6 Å². The van der Waals surface area contributed by atoms with Crippen LogP contribution in [-0.2, 0) is 4.79 Å². The van der Waals surface area contributed by atoms with Crippen molar-refractivity contribution in [3.05, 3.63) is 71.4 Å². The molecule has 0 unspecified atom stereocenters. The molecule has 10 heteroatoms. The molecule has 0 radical (unpaired) electrons. The number of anilines is 3. The number of unbranched alkanes of at least 4 members (excludes halogenated alkanes) is 1. The normalized spacial score (nSPS) is 12.5. The molecule has 5 N–H and O–H groups in total. The SMILES string of the molecule is CC(=O)NCCCCNC(=O)c1ccc(NCCNc2ccccc2C)c(NC(=O)c2coc(C3CC3)n2)c1. The summed E-state index contributed by atoms with van der Waals surface area (Å²) in [5, 5.41) is 15.3. The molecule has 3 amide bonds. The Bertz CT molecular complexity index is 1300. The van der Waals surface area contributed by atoms with Gasteiger partial charge in [-0.25, -0.2) is 4.98 Å². The minimum atomic E-state index is -0.401. The Labute approximate surface area is 228 Å². The van der Waals surface area contributed by atoms with Crippen LogP contribution in [0, 0.1) is 6.92 Å². The van der Waals surface area contributed by atoms with Crippen LogP contribution in [-0.4, -0.2) is 48.9 Å². The van der Waals surface area contributed by atoms with E-state index in [4.69, 9.17) is 4.42 Å². The number of aryl methyl sites for hydroxylation is 1. The number of rotatable bonds is 14. The third-order valence-corrected chi connectivity index (χ3v) is 6.38. The number of hydrogen-bond acceptors (Lipinski definition) is 7. The first-order chi connectivity index (χ1) is 18.9. The van der Waals surface area contributed by atoms with Crippen LogP contribution in [0.15, 0.2) is 53.1 Å². The molecule has 1 aliphatic rings. The van der Waals surface area contributed by atoms with Crippen LogP contribution in [0.25, 0.3) is 0 Å². The second kappa shape index (κ2) is 13.5. The van der Waals surface area contributed by atoms with Gasteiger partial charge in [-0.1, -0.05) is 18.2 Å². The van der Waals surface area contributed by atoms with E-state index in [-0.39, 0.29) is 17.5 Å². The van der Waals surface area contributed by atoms with Crippen molar-refractivity contribution in [1.82, 2.24) is 15.6 Å². The van der Waals surface area contributed by atoms with E-state index in [1.165, 1.54) is 13.2 Å². The summed E-state index contributed by atoms with van der Waals surface area (Å²) in [7, 11) is 0. The minimum Gasteiger partial charge on any atom is -0.448 e. The monoisotopic (exact) mass is 532 g/mol. The second-order valence-electron chi connectivity index (χ2n) is 9.67. The first-order valence-corrected chi connectivity index (χ1v) is 13.4. The number of amides is 3. The average molecular weight is 533 g/mol.